The minimum atomic E-state index is -0.955. The number of nitrogens with two attached hydrogens (primary N) is 1. The second-order valence-electron chi connectivity index (χ2n) is 2.63. The van der Waals surface area contributed by atoms with Crippen LogP contribution in [0.25, 0.3) is 0 Å². The van der Waals surface area contributed by atoms with E-state index in [9.17, 15) is 9.90 Å². The van der Waals surface area contributed by atoms with E-state index in [1.165, 1.54) is 0 Å². The first-order valence-corrected chi connectivity index (χ1v) is 4.46. The smallest absolute Gasteiger partial charge is 0.249 e. The number of rotatable bonds is 5. The molecule has 0 saturated carbocycles. The number of carbonyl (C=O) groups excluding carboxylic acids is 1. The molecule has 0 heterocycles. The van der Waals surface area contributed by atoms with Crippen molar-refractivity contribution in [3.8, 4) is 0 Å². The SMILES string of the molecule is CC(S)NC(=O)C(O)CCCN. The van der Waals surface area contributed by atoms with Gasteiger partial charge in [0, 0.05) is 0 Å². The molecule has 4 N–H and O–H groups in total. The summed E-state index contributed by atoms with van der Waals surface area (Å²) in [7, 11) is 0. The van der Waals surface area contributed by atoms with Gasteiger partial charge >= 0.3 is 0 Å². The maximum atomic E-state index is 11.0. The summed E-state index contributed by atoms with van der Waals surface area (Å²) in [5, 5.41) is 11.5. The van der Waals surface area contributed by atoms with Crippen molar-refractivity contribution in [1.82, 2.24) is 5.32 Å². The van der Waals surface area contributed by atoms with Crippen molar-refractivity contribution in [1.29, 1.82) is 0 Å². The molecule has 0 aromatic rings. The third-order valence-electron chi connectivity index (χ3n) is 1.34. The molecule has 4 nitrogen and oxygen atoms in total. The Hall–Kier alpha value is -0.260. The van der Waals surface area contributed by atoms with Crippen molar-refractivity contribution in [3.63, 3.8) is 0 Å². The van der Waals surface area contributed by atoms with Crippen LogP contribution >= 0.6 is 12.6 Å². The van der Waals surface area contributed by atoms with Gasteiger partial charge in [-0.1, -0.05) is 0 Å². The highest BCUT2D eigenvalue weighted by atomic mass is 32.1. The lowest BCUT2D eigenvalue weighted by molar-refractivity contribution is -0.129. The van der Waals surface area contributed by atoms with Gasteiger partial charge in [-0.15, -0.1) is 0 Å². The Balaban J connectivity index is 3.61. The Morgan fingerprint density at radius 3 is 2.75 bits per heavy atom. The number of aliphatic hydroxyl groups is 1. The first kappa shape index (κ1) is 11.7. The third kappa shape index (κ3) is 5.40. The van der Waals surface area contributed by atoms with Crippen LogP contribution in [0.2, 0.25) is 0 Å². The molecule has 0 aliphatic heterocycles. The molecule has 0 rings (SSSR count). The minimum absolute atomic E-state index is 0.231. The topological polar surface area (TPSA) is 75.3 Å². The zero-order chi connectivity index (χ0) is 9.56. The highest BCUT2D eigenvalue weighted by molar-refractivity contribution is 7.80. The molecule has 2 atom stereocenters. The van der Waals surface area contributed by atoms with Crippen LogP contribution in [0.5, 0.6) is 0 Å². The lowest BCUT2D eigenvalue weighted by atomic mass is 10.2. The Labute approximate surface area is 77.9 Å². The fourth-order valence-electron chi connectivity index (χ4n) is 0.744. The van der Waals surface area contributed by atoms with Gasteiger partial charge < -0.3 is 16.2 Å². The normalized spacial score (nSPS) is 15.3. The number of thiol groups is 1. The van der Waals surface area contributed by atoms with Crippen molar-refractivity contribution < 1.29 is 9.90 Å². The molecule has 0 aromatic carbocycles. The summed E-state index contributed by atoms with van der Waals surface area (Å²) in [4.78, 5) is 11.0. The minimum Gasteiger partial charge on any atom is -0.383 e. The van der Waals surface area contributed by atoms with Gasteiger partial charge in [0.15, 0.2) is 0 Å². The zero-order valence-electron chi connectivity index (χ0n) is 7.16. The predicted octanol–water partition coefficient (Wildman–Crippen LogP) is -0.522. The van der Waals surface area contributed by atoms with Gasteiger partial charge in [-0.25, -0.2) is 0 Å². The van der Waals surface area contributed by atoms with Gasteiger partial charge in [0.1, 0.15) is 6.10 Å². The number of nitrogens with one attached hydrogen (secondary N) is 1. The maximum Gasteiger partial charge on any atom is 0.249 e. The van der Waals surface area contributed by atoms with E-state index < -0.39 is 6.10 Å². The van der Waals surface area contributed by atoms with Crippen molar-refractivity contribution >= 4 is 18.5 Å². The average Bonchev–Trinajstić information content (AvgIpc) is 1.98. The molecule has 0 fully saturated rings. The largest absolute Gasteiger partial charge is 0.383 e. The number of hydrogen-bond donors (Lipinski definition) is 4. The lowest BCUT2D eigenvalue weighted by Gasteiger charge is -2.12. The molecule has 0 bridgehead atoms. The second kappa shape index (κ2) is 6.28. The molecule has 0 spiro atoms. The number of hydrogen-bond acceptors (Lipinski definition) is 4. The monoisotopic (exact) mass is 192 g/mol. The van der Waals surface area contributed by atoms with Gasteiger partial charge in [-0.2, -0.15) is 12.6 Å². The fraction of sp³-hybridized carbons (Fsp3) is 0.857. The summed E-state index contributed by atoms with van der Waals surface area (Å²) in [5.74, 6) is -0.383. The quantitative estimate of drug-likeness (QED) is 0.350. The molecule has 2 unspecified atom stereocenters. The third-order valence-corrected chi connectivity index (χ3v) is 1.46. The van der Waals surface area contributed by atoms with Crippen LogP contribution in [-0.2, 0) is 4.79 Å². The van der Waals surface area contributed by atoms with Crippen molar-refractivity contribution in [2.45, 2.75) is 31.2 Å². The van der Waals surface area contributed by atoms with Crippen molar-refractivity contribution in [3.05, 3.63) is 0 Å². The Morgan fingerprint density at radius 1 is 1.75 bits per heavy atom. The average molecular weight is 192 g/mol. The van der Waals surface area contributed by atoms with Crippen LogP contribution in [0.4, 0.5) is 0 Å². The summed E-state index contributed by atoms with van der Waals surface area (Å²) in [6, 6.07) is 0. The van der Waals surface area contributed by atoms with Crippen LogP contribution in [0, 0.1) is 0 Å². The van der Waals surface area contributed by atoms with Crippen LogP contribution in [0.15, 0.2) is 0 Å². The first-order chi connectivity index (χ1) is 5.57. The maximum absolute atomic E-state index is 11.0. The van der Waals surface area contributed by atoms with Gasteiger partial charge in [-0.3, -0.25) is 4.79 Å². The summed E-state index contributed by atoms with van der Waals surface area (Å²) in [6.45, 7) is 2.21. The van der Waals surface area contributed by atoms with Gasteiger partial charge in [-0.05, 0) is 26.3 Å². The number of amides is 1. The Morgan fingerprint density at radius 2 is 2.33 bits per heavy atom. The molecular formula is C7H16N2O2S. The summed E-state index contributed by atoms with van der Waals surface area (Å²) in [6.07, 6.45) is 0.0985. The lowest BCUT2D eigenvalue weighted by Crippen LogP contribution is -2.37. The molecular weight excluding hydrogens is 176 g/mol. The molecule has 0 radical (unpaired) electrons. The number of carbonyl (C=O) groups is 1. The Kier molecular flexibility index (Phi) is 6.14. The molecule has 0 aliphatic rings. The van der Waals surface area contributed by atoms with E-state index in [1.807, 2.05) is 0 Å². The van der Waals surface area contributed by atoms with Gasteiger partial charge in [0.05, 0.1) is 5.37 Å². The summed E-state index contributed by atoms with van der Waals surface area (Å²) < 4.78 is 0. The molecule has 1 amide bonds. The van der Waals surface area contributed by atoms with E-state index in [0.717, 1.165) is 0 Å². The summed E-state index contributed by atoms with van der Waals surface area (Å²) in [5.41, 5.74) is 5.22. The van der Waals surface area contributed by atoms with E-state index >= 15 is 0 Å². The van der Waals surface area contributed by atoms with E-state index in [1.54, 1.807) is 6.92 Å². The zero-order valence-corrected chi connectivity index (χ0v) is 8.05. The van der Waals surface area contributed by atoms with E-state index in [0.29, 0.717) is 19.4 Å². The molecule has 0 saturated heterocycles. The molecule has 0 aromatic heterocycles. The van der Waals surface area contributed by atoms with E-state index in [-0.39, 0.29) is 11.3 Å². The fourth-order valence-corrected chi connectivity index (χ4v) is 0.872. The van der Waals surface area contributed by atoms with Crippen LogP contribution in [0.1, 0.15) is 19.8 Å². The summed E-state index contributed by atoms with van der Waals surface area (Å²) >= 11 is 3.96. The highest BCUT2D eigenvalue weighted by Crippen LogP contribution is 1.97. The predicted molar refractivity (Wildman–Crippen MR) is 50.9 cm³/mol. The molecule has 5 heteroatoms. The molecule has 72 valence electrons. The van der Waals surface area contributed by atoms with Gasteiger partial charge in [0.2, 0.25) is 5.91 Å². The standard InChI is InChI=1S/C7H16N2O2S/c1-5(12)9-7(11)6(10)3-2-4-8/h5-6,10,12H,2-4,8H2,1H3,(H,9,11). The molecule has 12 heavy (non-hydrogen) atoms. The van der Waals surface area contributed by atoms with Crippen LogP contribution in [-0.4, -0.2) is 29.0 Å². The molecule has 0 aliphatic carbocycles. The number of aliphatic hydroxyl groups excluding tert-OH is 1. The van der Waals surface area contributed by atoms with Crippen LogP contribution in [0.3, 0.4) is 0 Å². The Bertz CT molecular complexity index is 141. The van der Waals surface area contributed by atoms with Crippen molar-refractivity contribution in [2.75, 3.05) is 6.54 Å². The highest BCUT2D eigenvalue weighted by Gasteiger charge is 2.14. The van der Waals surface area contributed by atoms with Crippen molar-refractivity contribution in [2.24, 2.45) is 5.73 Å². The van der Waals surface area contributed by atoms with Crippen LogP contribution < -0.4 is 11.1 Å². The second-order valence-corrected chi connectivity index (χ2v) is 3.41. The van der Waals surface area contributed by atoms with E-state index in [2.05, 4.69) is 17.9 Å². The van der Waals surface area contributed by atoms with Gasteiger partial charge in [0.25, 0.3) is 0 Å². The van der Waals surface area contributed by atoms with E-state index in [4.69, 9.17) is 5.73 Å². The first-order valence-electron chi connectivity index (χ1n) is 3.94.